The average molecular weight is 289 g/mol. The van der Waals surface area contributed by atoms with E-state index in [1.165, 1.54) is 0 Å². The fourth-order valence-electron chi connectivity index (χ4n) is 2.17. The molecule has 1 aromatic heterocycles. The molecule has 0 radical (unpaired) electrons. The van der Waals surface area contributed by atoms with Crippen molar-refractivity contribution in [3.63, 3.8) is 0 Å². The van der Waals surface area contributed by atoms with Gasteiger partial charge in [-0.25, -0.2) is 0 Å². The van der Waals surface area contributed by atoms with Crippen LogP contribution < -0.4 is 5.32 Å². The van der Waals surface area contributed by atoms with Gasteiger partial charge in [0, 0.05) is 17.4 Å². The van der Waals surface area contributed by atoms with E-state index in [2.05, 4.69) is 15.5 Å². The van der Waals surface area contributed by atoms with Crippen LogP contribution in [-0.4, -0.2) is 16.1 Å². The summed E-state index contributed by atoms with van der Waals surface area (Å²) in [5.41, 5.74) is 3.54. The first kappa shape index (κ1) is 13.9. The number of nitrogens with one attached hydrogen (secondary N) is 1. The van der Waals surface area contributed by atoms with Gasteiger partial charge in [-0.1, -0.05) is 42.5 Å². The lowest BCUT2D eigenvalue weighted by Gasteiger charge is -2.06. The molecular weight excluding hydrogens is 274 g/mol. The van der Waals surface area contributed by atoms with E-state index in [0.717, 1.165) is 22.5 Å². The van der Waals surface area contributed by atoms with Crippen molar-refractivity contribution in [1.29, 1.82) is 0 Å². The molecule has 1 amide bonds. The van der Waals surface area contributed by atoms with E-state index in [4.69, 9.17) is 0 Å². The normalized spacial score (nSPS) is 10.2. The van der Waals surface area contributed by atoms with Crippen LogP contribution in [0.4, 0.5) is 5.69 Å². The van der Waals surface area contributed by atoms with E-state index in [1.54, 1.807) is 6.20 Å². The minimum Gasteiger partial charge on any atom is -0.326 e. The van der Waals surface area contributed by atoms with Gasteiger partial charge >= 0.3 is 0 Å². The van der Waals surface area contributed by atoms with Crippen molar-refractivity contribution in [3.8, 4) is 11.3 Å². The van der Waals surface area contributed by atoms with Crippen molar-refractivity contribution < 1.29 is 4.79 Å². The van der Waals surface area contributed by atoms with Gasteiger partial charge in [0.25, 0.3) is 0 Å². The number of benzene rings is 2. The molecule has 4 heteroatoms. The Kier molecular flexibility index (Phi) is 4.20. The third kappa shape index (κ3) is 3.55. The van der Waals surface area contributed by atoms with E-state index in [-0.39, 0.29) is 5.91 Å². The summed E-state index contributed by atoms with van der Waals surface area (Å²) in [6.45, 7) is 0. The molecule has 0 saturated heterocycles. The first-order valence-corrected chi connectivity index (χ1v) is 7.03. The zero-order valence-corrected chi connectivity index (χ0v) is 11.9. The maximum atomic E-state index is 12.0. The van der Waals surface area contributed by atoms with Gasteiger partial charge in [0.2, 0.25) is 5.91 Å². The quantitative estimate of drug-likeness (QED) is 0.801. The smallest absolute Gasteiger partial charge is 0.228 e. The Balaban J connectivity index is 1.65. The molecule has 1 N–H and O–H groups in total. The number of anilines is 1. The molecule has 0 fully saturated rings. The number of amides is 1. The first-order valence-electron chi connectivity index (χ1n) is 7.03. The van der Waals surface area contributed by atoms with Gasteiger partial charge in [0.1, 0.15) is 0 Å². The van der Waals surface area contributed by atoms with Crippen LogP contribution in [0, 0.1) is 0 Å². The van der Waals surface area contributed by atoms with Crippen LogP contribution in [0.2, 0.25) is 0 Å². The predicted molar refractivity (Wildman–Crippen MR) is 86.2 cm³/mol. The number of carbonyl (C=O) groups is 1. The molecule has 0 unspecified atom stereocenters. The maximum absolute atomic E-state index is 12.0. The SMILES string of the molecule is O=C(Cc1ccccc1)Nc1ccc(-c2cccnn2)cc1. The highest BCUT2D eigenvalue weighted by molar-refractivity contribution is 5.92. The van der Waals surface area contributed by atoms with E-state index < -0.39 is 0 Å². The zero-order chi connectivity index (χ0) is 15.2. The number of nitrogens with zero attached hydrogens (tertiary/aromatic N) is 2. The van der Waals surface area contributed by atoms with Crippen molar-refractivity contribution >= 4 is 11.6 Å². The van der Waals surface area contributed by atoms with Gasteiger partial charge in [0.05, 0.1) is 12.1 Å². The Morgan fingerprint density at radius 2 is 1.68 bits per heavy atom. The van der Waals surface area contributed by atoms with Crippen molar-refractivity contribution in [2.24, 2.45) is 0 Å². The van der Waals surface area contributed by atoms with Crippen LogP contribution >= 0.6 is 0 Å². The summed E-state index contributed by atoms with van der Waals surface area (Å²) in [7, 11) is 0. The molecule has 22 heavy (non-hydrogen) atoms. The number of carbonyl (C=O) groups excluding carboxylic acids is 1. The van der Waals surface area contributed by atoms with Crippen LogP contribution in [-0.2, 0) is 11.2 Å². The summed E-state index contributed by atoms with van der Waals surface area (Å²) in [4.78, 5) is 12.0. The maximum Gasteiger partial charge on any atom is 0.228 e. The molecule has 3 rings (SSSR count). The van der Waals surface area contributed by atoms with Gasteiger partial charge < -0.3 is 5.32 Å². The number of hydrogen-bond acceptors (Lipinski definition) is 3. The molecule has 2 aromatic carbocycles. The third-order valence-electron chi connectivity index (χ3n) is 3.24. The molecule has 0 aliphatic heterocycles. The fourth-order valence-corrected chi connectivity index (χ4v) is 2.17. The minimum atomic E-state index is -0.0292. The van der Waals surface area contributed by atoms with E-state index in [9.17, 15) is 4.79 Å². The molecule has 0 aliphatic carbocycles. The van der Waals surface area contributed by atoms with E-state index >= 15 is 0 Å². The van der Waals surface area contributed by atoms with Crippen molar-refractivity contribution in [3.05, 3.63) is 78.5 Å². The van der Waals surface area contributed by atoms with Crippen molar-refractivity contribution in [1.82, 2.24) is 10.2 Å². The largest absolute Gasteiger partial charge is 0.326 e. The fraction of sp³-hybridized carbons (Fsp3) is 0.0556. The molecule has 1 heterocycles. The monoisotopic (exact) mass is 289 g/mol. The van der Waals surface area contributed by atoms with E-state index in [1.807, 2.05) is 66.7 Å². The second kappa shape index (κ2) is 6.63. The number of hydrogen-bond donors (Lipinski definition) is 1. The molecule has 108 valence electrons. The highest BCUT2D eigenvalue weighted by Gasteiger charge is 2.04. The molecule has 0 bridgehead atoms. The summed E-state index contributed by atoms with van der Waals surface area (Å²) in [6.07, 6.45) is 2.01. The summed E-state index contributed by atoms with van der Waals surface area (Å²) < 4.78 is 0. The minimum absolute atomic E-state index is 0.0292. The molecule has 4 nitrogen and oxygen atoms in total. The molecule has 0 spiro atoms. The average Bonchev–Trinajstić information content (AvgIpc) is 2.57. The second-order valence-electron chi connectivity index (χ2n) is 4.90. The lowest BCUT2D eigenvalue weighted by atomic mass is 10.1. The molecule has 3 aromatic rings. The Morgan fingerprint density at radius 1 is 0.909 bits per heavy atom. The van der Waals surface area contributed by atoms with Crippen LogP contribution in [0.25, 0.3) is 11.3 Å². The molecule has 0 aliphatic rings. The van der Waals surface area contributed by atoms with Gasteiger partial charge in [-0.05, 0) is 29.8 Å². The predicted octanol–water partition coefficient (Wildman–Crippen LogP) is 3.32. The van der Waals surface area contributed by atoms with Gasteiger partial charge in [-0.3, -0.25) is 4.79 Å². The van der Waals surface area contributed by atoms with Crippen molar-refractivity contribution in [2.45, 2.75) is 6.42 Å². The van der Waals surface area contributed by atoms with E-state index in [0.29, 0.717) is 6.42 Å². The highest BCUT2D eigenvalue weighted by atomic mass is 16.1. The second-order valence-corrected chi connectivity index (χ2v) is 4.90. The Hall–Kier alpha value is -3.01. The summed E-state index contributed by atoms with van der Waals surface area (Å²) in [6, 6.07) is 21.0. The third-order valence-corrected chi connectivity index (χ3v) is 3.24. The summed E-state index contributed by atoms with van der Waals surface area (Å²) in [5, 5.41) is 10.8. The van der Waals surface area contributed by atoms with Crippen LogP contribution in [0.1, 0.15) is 5.56 Å². The van der Waals surface area contributed by atoms with Gasteiger partial charge in [0.15, 0.2) is 0 Å². The van der Waals surface area contributed by atoms with Crippen molar-refractivity contribution in [2.75, 3.05) is 5.32 Å². The lowest BCUT2D eigenvalue weighted by Crippen LogP contribution is -2.14. The topological polar surface area (TPSA) is 54.9 Å². The molecule has 0 atom stereocenters. The van der Waals surface area contributed by atoms with Gasteiger partial charge in [-0.15, -0.1) is 0 Å². The summed E-state index contributed by atoms with van der Waals surface area (Å²) >= 11 is 0. The van der Waals surface area contributed by atoms with Gasteiger partial charge in [-0.2, -0.15) is 10.2 Å². The molecular formula is C18H15N3O. The number of aromatic nitrogens is 2. The highest BCUT2D eigenvalue weighted by Crippen LogP contribution is 2.18. The number of rotatable bonds is 4. The first-order chi connectivity index (χ1) is 10.8. The van der Waals surface area contributed by atoms with Crippen LogP contribution in [0.15, 0.2) is 72.9 Å². The van der Waals surface area contributed by atoms with Crippen LogP contribution in [0.3, 0.4) is 0 Å². The Morgan fingerprint density at radius 3 is 2.36 bits per heavy atom. The lowest BCUT2D eigenvalue weighted by molar-refractivity contribution is -0.115. The van der Waals surface area contributed by atoms with Crippen LogP contribution in [0.5, 0.6) is 0 Å². The standard InChI is InChI=1S/C18H15N3O/c22-18(13-14-5-2-1-3-6-14)20-16-10-8-15(9-11-16)17-7-4-12-19-21-17/h1-12H,13H2,(H,20,22). The Labute approximate surface area is 128 Å². The Bertz CT molecular complexity index is 740. The zero-order valence-electron chi connectivity index (χ0n) is 11.9. The summed E-state index contributed by atoms with van der Waals surface area (Å²) in [5.74, 6) is -0.0292. The molecule has 0 saturated carbocycles.